The van der Waals surface area contributed by atoms with Crippen LogP contribution in [0.4, 0.5) is 0 Å². The molecule has 0 unspecified atom stereocenters. The molecule has 0 saturated carbocycles. The fourth-order valence-corrected chi connectivity index (χ4v) is 7.51. The van der Waals surface area contributed by atoms with Gasteiger partial charge in [-0.2, -0.15) is 0 Å². The second-order valence-corrected chi connectivity index (χ2v) is 12.4. The van der Waals surface area contributed by atoms with Crippen LogP contribution in [-0.2, 0) is 0 Å². The maximum Gasteiger partial charge on any atom is 0.0788 e. The molecule has 0 N–H and O–H groups in total. The van der Waals surface area contributed by atoms with E-state index in [1.807, 2.05) is 0 Å². The number of aromatic nitrogens is 3. The second-order valence-electron chi connectivity index (χ2n) is 12.4. The first-order valence-corrected chi connectivity index (χ1v) is 16.4. The van der Waals surface area contributed by atoms with Gasteiger partial charge < -0.3 is 9.13 Å². The summed E-state index contributed by atoms with van der Waals surface area (Å²) in [5.74, 6) is 0. The molecular weight excluding hydrogens is 583 g/mol. The van der Waals surface area contributed by atoms with Crippen molar-refractivity contribution in [3.63, 3.8) is 0 Å². The molecule has 0 bridgehead atoms. The normalized spacial score (nSPS) is 11.8. The lowest BCUT2D eigenvalue weighted by Gasteiger charge is -2.13. The van der Waals surface area contributed by atoms with E-state index in [2.05, 4.69) is 185 Å². The first-order chi connectivity index (χ1) is 23.8. The summed E-state index contributed by atoms with van der Waals surface area (Å²) in [6.07, 6.45) is 0. The summed E-state index contributed by atoms with van der Waals surface area (Å²) in [5, 5.41) is 6.16. The van der Waals surface area contributed by atoms with Crippen LogP contribution < -0.4 is 0 Å². The van der Waals surface area contributed by atoms with Gasteiger partial charge in [-0.3, -0.25) is 0 Å². The van der Waals surface area contributed by atoms with E-state index in [-0.39, 0.29) is 0 Å². The highest BCUT2D eigenvalue weighted by molar-refractivity contribution is 6.19. The molecule has 0 atom stereocenters. The molecule has 3 heteroatoms. The van der Waals surface area contributed by atoms with Crippen LogP contribution >= 0.6 is 0 Å². The largest absolute Gasteiger partial charge is 0.309 e. The maximum atomic E-state index is 5.15. The van der Waals surface area contributed by atoms with Crippen molar-refractivity contribution in [3.05, 3.63) is 176 Å². The minimum atomic E-state index is 0.995. The highest BCUT2D eigenvalue weighted by Crippen LogP contribution is 2.40. The van der Waals surface area contributed by atoms with E-state index < -0.39 is 0 Å². The van der Waals surface area contributed by atoms with Crippen LogP contribution in [0, 0.1) is 0 Å². The Labute approximate surface area is 277 Å². The summed E-state index contributed by atoms with van der Waals surface area (Å²) in [5.41, 5.74) is 12.5. The van der Waals surface area contributed by atoms with E-state index in [4.69, 9.17) is 4.98 Å². The summed E-state index contributed by atoms with van der Waals surface area (Å²) >= 11 is 0. The molecule has 0 fully saturated rings. The number of pyridine rings is 1. The average Bonchev–Trinajstić information content (AvgIpc) is 3.66. The Hall–Kier alpha value is -6.45. The van der Waals surface area contributed by atoms with Gasteiger partial charge in [-0.05, 0) is 66.2 Å². The SMILES string of the molecule is c1ccc(-c2nc3ccccc3cc2-c2ccc(-n3c4ccccc4c4cc5c6ccccc6n(-c6ccccc6)c5cc43)cc2)cc1. The van der Waals surface area contributed by atoms with E-state index in [0.29, 0.717) is 0 Å². The summed E-state index contributed by atoms with van der Waals surface area (Å²) < 4.78 is 4.81. The highest BCUT2D eigenvalue weighted by atomic mass is 15.0. The molecule has 3 aromatic heterocycles. The van der Waals surface area contributed by atoms with E-state index in [1.165, 1.54) is 43.6 Å². The lowest BCUT2D eigenvalue weighted by Crippen LogP contribution is -1.96. The van der Waals surface area contributed by atoms with Crippen molar-refractivity contribution >= 4 is 54.5 Å². The standard InChI is InChI=1S/C45H29N3/c1-3-13-31(14-4-1)45-37(27-32-15-7-10-20-40(32)46-45)30-23-25-34(26-24-30)48-42-22-12-9-19-36(42)39-28-38-35-18-8-11-21-41(35)47(43(38)29-44(39)48)33-16-5-2-6-17-33/h1-29H. The Morgan fingerprint density at radius 2 is 0.896 bits per heavy atom. The van der Waals surface area contributed by atoms with E-state index in [1.54, 1.807) is 0 Å². The fraction of sp³-hybridized carbons (Fsp3) is 0. The lowest BCUT2D eigenvalue weighted by molar-refractivity contribution is 1.16. The molecule has 0 radical (unpaired) electrons. The van der Waals surface area contributed by atoms with Gasteiger partial charge in [0.05, 0.1) is 33.3 Å². The maximum absolute atomic E-state index is 5.15. The first-order valence-electron chi connectivity index (χ1n) is 16.4. The van der Waals surface area contributed by atoms with E-state index >= 15 is 0 Å². The van der Waals surface area contributed by atoms with Crippen LogP contribution in [0.3, 0.4) is 0 Å². The zero-order chi connectivity index (χ0) is 31.6. The van der Waals surface area contributed by atoms with Crippen molar-refractivity contribution in [3.8, 4) is 33.8 Å². The molecule has 0 aliphatic carbocycles. The molecule has 0 spiro atoms. The molecule has 3 heterocycles. The third-order valence-electron chi connectivity index (χ3n) is 9.69. The van der Waals surface area contributed by atoms with Crippen LogP contribution in [0.15, 0.2) is 176 Å². The topological polar surface area (TPSA) is 22.8 Å². The van der Waals surface area contributed by atoms with E-state index in [9.17, 15) is 0 Å². The number of benzene rings is 7. The number of rotatable bonds is 4. The highest BCUT2D eigenvalue weighted by Gasteiger charge is 2.19. The zero-order valence-corrected chi connectivity index (χ0v) is 26.1. The van der Waals surface area contributed by atoms with Gasteiger partial charge in [0.25, 0.3) is 0 Å². The minimum Gasteiger partial charge on any atom is -0.309 e. The van der Waals surface area contributed by atoms with Gasteiger partial charge >= 0.3 is 0 Å². The minimum absolute atomic E-state index is 0.995. The summed E-state index contributed by atoms with van der Waals surface area (Å²) in [6, 6.07) is 63.1. The molecule has 0 saturated heterocycles. The van der Waals surface area contributed by atoms with Gasteiger partial charge in [0, 0.05) is 49.4 Å². The molecule has 224 valence electrons. The molecule has 0 aliphatic rings. The number of fused-ring (bicyclic) bond motifs is 7. The molecule has 10 rings (SSSR count). The van der Waals surface area contributed by atoms with Crippen molar-refractivity contribution in [2.75, 3.05) is 0 Å². The van der Waals surface area contributed by atoms with Crippen molar-refractivity contribution in [2.45, 2.75) is 0 Å². The van der Waals surface area contributed by atoms with Crippen LogP contribution in [-0.4, -0.2) is 14.1 Å². The smallest absolute Gasteiger partial charge is 0.0788 e. The quantitative estimate of drug-likeness (QED) is 0.194. The third kappa shape index (κ3) is 4.04. The molecular formula is C45H29N3. The monoisotopic (exact) mass is 611 g/mol. The molecule has 48 heavy (non-hydrogen) atoms. The summed E-state index contributed by atoms with van der Waals surface area (Å²) in [6.45, 7) is 0. The predicted molar refractivity (Wildman–Crippen MR) is 201 cm³/mol. The van der Waals surface area contributed by atoms with Crippen molar-refractivity contribution < 1.29 is 0 Å². The van der Waals surface area contributed by atoms with Crippen LogP contribution in [0.2, 0.25) is 0 Å². The second kappa shape index (κ2) is 10.5. The molecule has 7 aromatic carbocycles. The van der Waals surface area contributed by atoms with Gasteiger partial charge in [-0.1, -0.05) is 115 Å². The Morgan fingerprint density at radius 3 is 1.56 bits per heavy atom. The van der Waals surface area contributed by atoms with Gasteiger partial charge in [0.2, 0.25) is 0 Å². The van der Waals surface area contributed by atoms with Gasteiger partial charge in [-0.15, -0.1) is 0 Å². The summed E-state index contributed by atoms with van der Waals surface area (Å²) in [4.78, 5) is 5.15. The van der Waals surface area contributed by atoms with Crippen molar-refractivity contribution in [1.82, 2.24) is 14.1 Å². The Kier molecular flexibility index (Phi) is 5.87. The Balaban J connectivity index is 1.20. The molecule has 3 nitrogen and oxygen atoms in total. The van der Waals surface area contributed by atoms with Gasteiger partial charge in [0.15, 0.2) is 0 Å². The van der Waals surface area contributed by atoms with Crippen LogP contribution in [0.1, 0.15) is 0 Å². The van der Waals surface area contributed by atoms with E-state index in [0.717, 1.165) is 44.7 Å². The Bertz CT molecular complexity index is 2810. The molecule has 10 aromatic rings. The summed E-state index contributed by atoms with van der Waals surface area (Å²) in [7, 11) is 0. The molecule has 0 amide bonds. The van der Waals surface area contributed by atoms with Crippen LogP contribution in [0.25, 0.3) is 88.3 Å². The number of para-hydroxylation sites is 4. The molecule has 0 aliphatic heterocycles. The fourth-order valence-electron chi connectivity index (χ4n) is 7.51. The number of hydrogen-bond donors (Lipinski definition) is 0. The Morgan fingerprint density at radius 1 is 0.354 bits per heavy atom. The van der Waals surface area contributed by atoms with Gasteiger partial charge in [-0.25, -0.2) is 4.98 Å². The van der Waals surface area contributed by atoms with Crippen molar-refractivity contribution in [1.29, 1.82) is 0 Å². The third-order valence-corrected chi connectivity index (χ3v) is 9.69. The van der Waals surface area contributed by atoms with Crippen molar-refractivity contribution in [2.24, 2.45) is 0 Å². The first kappa shape index (κ1) is 26.7. The number of hydrogen-bond acceptors (Lipinski definition) is 1. The average molecular weight is 612 g/mol. The van der Waals surface area contributed by atoms with Crippen LogP contribution in [0.5, 0.6) is 0 Å². The predicted octanol–water partition coefficient (Wildman–Crippen LogP) is 11.8. The number of nitrogens with zero attached hydrogens (tertiary/aromatic N) is 3. The lowest BCUT2D eigenvalue weighted by atomic mass is 9.97. The zero-order valence-electron chi connectivity index (χ0n) is 26.1. The van der Waals surface area contributed by atoms with Gasteiger partial charge in [0.1, 0.15) is 0 Å².